The largest absolute Gasteiger partial charge is 0.472 e. The molecule has 0 rings (SSSR count). The molecule has 60 heavy (non-hydrogen) atoms. The first-order valence-corrected chi connectivity index (χ1v) is 26.6. The number of rotatable bonds is 46. The number of allylic oxidation sites excluding steroid dienone is 4. The molecular weight excluding hydrogens is 774 g/mol. The van der Waals surface area contributed by atoms with Gasteiger partial charge < -0.3 is 18.9 Å². The van der Waals surface area contributed by atoms with E-state index < -0.39 is 32.5 Å². The number of hydrogen-bond donors (Lipinski definition) is 1. The molecule has 9 nitrogen and oxygen atoms in total. The number of carbonyl (C=O) groups excluding carboxylic acids is 2. The molecule has 0 aromatic rings. The van der Waals surface area contributed by atoms with Crippen molar-refractivity contribution in [3.05, 3.63) is 24.3 Å². The van der Waals surface area contributed by atoms with E-state index in [4.69, 9.17) is 18.5 Å². The summed E-state index contributed by atoms with van der Waals surface area (Å²) in [6, 6.07) is 0. The van der Waals surface area contributed by atoms with E-state index in [1.807, 2.05) is 27.2 Å². The lowest BCUT2D eigenvalue weighted by molar-refractivity contribution is -0.870. The minimum atomic E-state index is -4.38. The number of unbranched alkanes of at least 4 members (excludes halogenated alkanes) is 28. The van der Waals surface area contributed by atoms with Crippen LogP contribution in [-0.4, -0.2) is 74.9 Å². The third-order valence-electron chi connectivity index (χ3n) is 11.0. The van der Waals surface area contributed by atoms with Crippen LogP contribution in [0.3, 0.4) is 0 Å². The topological polar surface area (TPSA) is 108 Å². The maximum atomic E-state index is 12.7. The molecule has 0 heterocycles. The molecule has 0 bridgehead atoms. The fourth-order valence-corrected chi connectivity index (χ4v) is 7.77. The zero-order chi connectivity index (χ0) is 44.3. The molecule has 0 fully saturated rings. The Bertz CT molecular complexity index is 1070. The summed E-state index contributed by atoms with van der Waals surface area (Å²) >= 11 is 0. The predicted octanol–water partition coefficient (Wildman–Crippen LogP) is 14.7. The van der Waals surface area contributed by atoms with Gasteiger partial charge in [-0.25, -0.2) is 4.57 Å². The van der Waals surface area contributed by atoms with Crippen molar-refractivity contribution < 1.29 is 42.1 Å². The Labute approximate surface area is 370 Å². The molecule has 0 radical (unpaired) electrons. The fraction of sp³-hybridized carbons (Fsp3) is 0.880. The summed E-state index contributed by atoms with van der Waals surface area (Å²) in [5.41, 5.74) is 0. The van der Waals surface area contributed by atoms with Gasteiger partial charge in [0.2, 0.25) is 0 Å². The molecule has 0 aliphatic rings. The van der Waals surface area contributed by atoms with Gasteiger partial charge in [-0.15, -0.1) is 0 Å². The molecule has 0 amide bonds. The van der Waals surface area contributed by atoms with E-state index in [0.29, 0.717) is 23.9 Å². The Hall–Kier alpha value is -1.51. The van der Waals surface area contributed by atoms with E-state index in [0.717, 1.165) is 25.7 Å². The fourth-order valence-electron chi connectivity index (χ4n) is 7.03. The predicted molar refractivity (Wildman–Crippen MR) is 252 cm³/mol. The summed E-state index contributed by atoms with van der Waals surface area (Å²) in [7, 11) is 1.47. The van der Waals surface area contributed by atoms with Crippen LogP contribution in [0.1, 0.15) is 232 Å². The van der Waals surface area contributed by atoms with Crippen LogP contribution < -0.4 is 0 Å². The van der Waals surface area contributed by atoms with Crippen molar-refractivity contribution >= 4 is 19.8 Å². The highest BCUT2D eigenvalue weighted by Crippen LogP contribution is 2.43. The first kappa shape index (κ1) is 58.5. The quantitative estimate of drug-likeness (QED) is 0.0212. The highest BCUT2D eigenvalue weighted by atomic mass is 31.2. The van der Waals surface area contributed by atoms with Crippen molar-refractivity contribution in [1.82, 2.24) is 0 Å². The van der Waals surface area contributed by atoms with Gasteiger partial charge in [-0.1, -0.05) is 192 Å². The summed E-state index contributed by atoms with van der Waals surface area (Å²) in [6.07, 6.45) is 48.1. The molecule has 0 aromatic heterocycles. The zero-order valence-electron chi connectivity index (χ0n) is 40.0. The van der Waals surface area contributed by atoms with Crippen LogP contribution in [0.4, 0.5) is 0 Å². The number of likely N-dealkylation sites (N-methyl/N-ethyl adjacent to an activating group) is 1. The minimum Gasteiger partial charge on any atom is -0.462 e. The van der Waals surface area contributed by atoms with E-state index in [2.05, 4.69) is 32.1 Å². The Morgan fingerprint density at radius 1 is 0.500 bits per heavy atom. The van der Waals surface area contributed by atoms with E-state index in [1.54, 1.807) is 0 Å². The van der Waals surface area contributed by atoms with Crippen LogP contribution in [0.15, 0.2) is 24.3 Å². The molecule has 10 heteroatoms. The normalized spacial score (nSPS) is 13.6. The molecule has 0 saturated heterocycles. The molecule has 2 atom stereocenters. The highest BCUT2D eigenvalue weighted by molar-refractivity contribution is 7.47. The summed E-state index contributed by atoms with van der Waals surface area (Å²) < 4.78 is 34.4. The Kier molecular flexibility index (Phi) is 41.7. The summed E-state index contributed by atoms with van der Waals surface area (Å²) in [4.78, 5) is 35.5. The Morgan fingerprint density at radius 2 is 0.883 bits per heavy atom. The number of carbonyl (C=O) groups is 2. The Morgan fingerprint density at radius 3 is 1.30 bits per heavy atom. The van der Waals surface area contributed by atoms with Crippen molar-refractivity contribution in [3.63, 3.8) is 0 Å². The molecule has 0 aliphatic carbocycles. The van der Waals surface area contributed by atoms with Crippen LogP contribution in [0.25, 0.3) is 0 Å². The first-order valence-electron chi connectivity index (χ1n) is 25.1. The van der Waals surface area contributed by atoms with Gasteiger partial charge in [-0.2, -0.15) is 0 Å². The molecule has 1 N–H and O–H groups in total. The third kappa shape index (κ3) is 46.0. The van der Waals surface area contributed by atoms with Crippen LogP contribution in [0.5, 0.6) is 0 Å². The van der Waals surface area contributed by atoms with Crippen LogP contribution in [-0.2, 0) is 32.7 Å². The van der Waals surface area contributed by atoms with Crippen molar-refractivity contribution in [3.8, 4) is 0 Å². The van der Waals surface area contributed by atoms with Gasteiger partial charge in [-0.05, 0) is 51.4 Å². The summed E-state index contributed by atoms with van der Waals surface area (Å²) in [5, 5.41) is 0. The van der Waals surface area contributed by atoms with Gasteiger partial charge in [0, 0.05) is 12.8 Å². The molecular formula is C50H97NO8P+. The number of nitrogens with zero attached hydrogens (tertiary/aromatic N) is 1. The molecule has 354 valence electrons. The highest BCUT2D eigenvalue weighted by Gasteiger charge is 2.27. The van der Waals surface area contributed by atoms with Crippen molar-refractivity contribution in [2.24, 2.45) is 0 Å². The minimum absolute atomic E-state index is 0.0287. The van der Waals surface area contributed by atoms with Crippen molar-refractivity contribution in [2.75, 3.05) is 47.5 Å². The maximum absolute atomic E-state index is 12.7. The number of phosphoric acid groups is 1. The lowest BCUT2D eigenvalue weighted by atomic mass is 10.0. The second kappa shape index (κ2) is 42.8. The molecule has 0 aromatic carbocycles. The van der Waals surface area contributed by atoms with Crippen molar-refractivity contribution in [2.45, 2.75) is 238 Å². The lowest BCUT2D eigenvalue weighted by Gasteiger charge is -2.24. The maximum Gasteiger partial charge on any atom is 0.472 e. The average Bonchev–Trinajstić information content (AvgIpc) is 3.20. The number of quaternary nitrogens is 1. The van der Waals surface area contributed by atoms with Gasteiger partial charge in [0.05, 0.1) is 27.7 Å². The molecule has 1 unspecified atom stereocenters. The van der Waals surface area contributed by atoms with E-state index >= 15 is 0 Å². The number of ether oxygens (including phenoxy) is 2. The third-order valence-corrected chi connectivity index (χ3v) is 12.0. The monoisotopic (exact) mass is 871 g/mol. The average molecular weight is 871 g/mol. The van der Waals surface area contributed by atoms with E-state index in [1.165, 1.54) is 167 Å². The molecule has 0 saturated carbocycles. The van der Waals surface area contributed by atoms with E-state index in [9.17, 15) is 19.0 Å². The second-order valence-corrected chi connectivity index (χ2v) is 19.6. The first-order chi connectivity index (χ1) is 29.0. The SMILES string of the molecule is CCCCCCCC/C=C/CCCCCCCCCCCCCC(=O)O[C@H](COC(=O)CC/C=C/CCCCCCCCCCCCC)COP(=O)(O)OCC[N+](C)(C)C. The van der Waals surface area contributed by atoms with Gasteiger partial charge in [0.1, 0.15) is 19.8 Å². The standard InChI is InChI=1S/C50H96NO8P/c1-6-8-10-12-14-16-18-20-22-23-24-25-26-27-29-31-33-35-37-39-41-43-50(53)59-48(47-58-60(54,55)57-45-44-51(3,4)5)46-56-49(52)42-40-38-36-34-32-30-28-21-19-17-15-13-11-9-7-2/h20,22,36,38,48H,6-19,21,23-35,37,39-47H2,1-5H3/p+1/b22-20+,38-36+/t48-/m1/s1. The van der Waals surface area contributed by atoms with Gasteiger partial charge in [0.15, 0.2) is 6.10 Å². The van der Waals surface area contributed by atoms with Gasteiger partial charge in [-0.3, -0.25) is 18.6 Å². The number of phosphoric ester groups is 1. The number of esters is 2. The van der Waals surface area contributed by atoms with Crippen LogP contribution in [0.2, 0.25) is 0 Å². The number of hydrogen-bond acceptors (Lipinski definition) is 7. The Balaban J connectivity index is 4.27. The van der Waals surface area contributed by atoms with Gasteiger partial charge >= 0.3 is 19.8 Å². The molecule has 0 aliphatic heterocycles. The van der Waals surface area contributed by atoms with Gasteiger partial charge in [0.25, 0.3) is 0 Å². The summed E-state index contributed by atoms with van der Waals surface area (Å²) in [6.45, 7) is 4.41. The second-order valence-electron chi connectivity index (χ2n) is 18.2. The zero-order valence-corrected chi connectivity index (χ0v) is 40.9. The van der Waals surface area contributed by atoms with Crippen LogP contribution >= 0.6 is 7.82 Å². The van der Waals surface area contributed by atoms with E-state index in [-0.39, 0.29) is 26.1 Å². The van der Waals surface area contributed by atoms with Crippen LogP contribution in [0, 0.1) is 0 Å². The molecule has 0 spiro atoms. The summed E-state index contributed by atoms with van der Waals surface area (Å²) in [5.74, 6) is -0.847. The smallest absolute Gasteiger partial charge is 0.462 e. The lowest BCUT2D eigenvalue weighted by Crippen LogP contribution is -2.37. The van der Waals surface area contributed by atoms with Crippen molar-refractivity contribution in [1.29, 1.82) is 0 Å².